The topological polar surface area (TPSA) is 33.7 Å². The van der Waals surface area contributed by atoms with Crippen molar-refractivity contribution in [3.63, 3.8) is 0 Å². The van der Waals surface area contributed by atoms with Crippen molar-refractivity contribution < 1.29 is 9.47 Å². The first kappa shape index (κ1) is 17.4. The second-order valence-corrected chi connectivity index (χ2v) is 6.02. The Labute approximate surface area is 134 Å². The van der Waals surface area contributed by atoms with Gasteiger partial charge in [0.2, 0.25) is 0 Å². The molecule has 0 radical (unpaired) electrons. The molecule has 1 aliphatic heterocycles. The quantitative estimate of drug-likeness (QED) is 0.672. The van der Waals surface area contributed by atoms with Gasteiger partial charge in [-0.25, -0.2) is 0 Å². The summed E-state index contributed by atoms with van der Waals surface area (Å²) in [6.45, 7) is 7.63. The standard InChI is InChI=1S/C18H30N2O2/c1-21-13-14-22-12-11-20(15-17-5-3-2-4-6-17)16-18-7-9-19-10-8-18/h2-6,18-19H,7-16H2,1H3. The van der Waals surface area contributed by atoms with Crippen LogP contribution in [-0.4, -0.2) is 58.0 Å². The smallest absolute Gasteiger partial charge is 0.0700 e. The molecule has 0 bridgehead atoms. The minimum atomic E-state index is 0.674. The van der Waals surface area contributed by atoms with Crippen LogP contribution in [0.25, 0.3) is 0 Å². The Hall–Kier alpha value is -0.940. The SMILES string of the molecule is COCCOCCN(Cc1ccccc1)CC1CCNCC1. The molecule has 1 N–H and O–H groups in total. The van der Waals surface area contributed by atoms with Crippen molar-refractivity contribution in [3.8, 4) is 0 Å². The zero-order valence-electron chi connectivity index (χ0n) is 13.8. The predicted molar refractivity (Wildman–Crippen MR) is 90.0 cm³/mol. The highest BCUT2D eigenvalue weighted by atomic mass is 16.5. The highest BCUT2D eigenvalue weighted by molar-refractivity contribution is 5.14. The molecule has 0 aliphatic carbocycles. The van der Waals surface area contributed by atoms with E-state index in [0.29, 0.717) is 13.2 Å². The highest BCUT2D eigenvalue weighted by Crippen LogP contribution is 2.15. The summed E-state index contributed by atoms with van der Waals surface area (Å²) in [6, 6.07) is 10.7. The molecule has 1 aliphatic rings. The van der Waals surface area contributed by atoms with Crippen LogP contribution < -0.4 is 5.32 Å². The number of piperidine rings is 1. The summed E-state index contributed by atoms with van der Waals surface area (Å²) in [4.78, 5) is 2.54. The van der Waals surface area contributed by atoms with Gasteiger partial charge in [0.1, 0.15) is 0 Å². The number of ether oxygens (including phenoxy) is 2. The fourth-order valence-electron chi connectivity index (χ4n) is 2.94. The second-order valence-electron chi connectivity index (χ2n) is 6.02. The fraction of sp³-hybridized carbons (Fsp3) is 0.667. The molecule has 1 aromatic carbocycles. The van der Waals surface area contributed by atoms with Crippen LogP contribution in [0.1, 0.15) is 18.4 Å². The summed E-state index contributed by atoms with van der Waals surface area (Å²) in [7, 11) is 1.71. The number of rotatable bonds is 10. The summed E-state index contributed by atoms with van der Waals surface area (Å²) >= 11 is 0. The number of methoxy groups -OCH3 is 1. The Kier molecular flexibility index (Phi) is 8.49. The van der Waals surface area contributed by atoms with E-state index in [2.05, 4.69) is 40.5 Å². The summed E-state index contributed by atoms with van der Waals surface area (Å²) in [5, 5.41) is 3.45. The van der Waals surface area contributed by atoms with Crippen LogP contribution in [0.4, 0.5) is 0 Å². The molecule has 0 atom stereocenters. The molecule has 0 amide bonds. The average Bonchev–Trinajstić information content (AvgIpc) is 2.56. The molecule has 124 valence electrons. The van der Waals surface area contributed by atoms with Crippen LogP contribution in [0.3, 0.4) is 0 Å². The lowest BCUT2D eigenvalue weighted by molar-refractivity contribution is 0.0522. The monoisotopic (exact) mass is 306 g/mol. The van der Waals surface area contributed by atoms with Crippen LogP contribution >= 0.6 is 0 Å². The maximum absolute atomic E-state index is 5.65. The number of hydrogen-bond donors (Lipinski definition) is 1. The molecule has 1 saturated heterocycles. The van der Waals surface area contributed by atoms with Gasteiger partial charge in [-0.15, -0.1) is 0 Å². The van der Waals surface area contributed by atoms with Crippen molar-refractivity contribution in [1.82, 2.24) is 10.2 Å². The van der Waals surface area contributed by atoms with Gasteiger partial charge in [-0.05, 0) is 37.4 Å². The Bertz CT molecular complexity index is 380. The van der Waals surface area contributed by atoms with Crippen molar-refractivity contribution in [2.45, 2.75) is 19.4 Å². The molecule has 0 saturated carbocycles. The lowest BCUT2D eigenvalue weighted by Crippen LogP contribution is -2.37. The van der Waals surface area contributed by atoms with E-state index in [1.54, 1.807) is 7.11 Å². The summed E-state index contributed by atoms with van der Waals surface area (Å²) in [5.74, 6) is 0.809. The Balaban J connectivity index is 1.79. The molecular formula is C18H30N2O2. The van der Waals surface area contributed by atoms with E-state index in [1.807, 2.05) is 0 Å². The molecule has 1 aromatic rings. The zero-order valence-corrected chi connectivity index (χ0v) is 13.8. The first-order valence-corrected chi connectivity index (χ1v) is 8.42. The number of nitrogens with one attached hydrogen (secondary N) is 1. The molecule has 1 heterocycles. The van der Waals surface area contributed by atoms with Gasteiger partial charge < -0.3 is 14.8 Å². The highest BCUT2D eigenvalue weighted by Gasteiger charge is 2.17. The largest absolute Gasteiger partial charge is 0.382 e. The van der Waals surface area contributed by atoms with Gasteiger partial charge in [-0.1, -0.05) is 30.3 Å². The maximum atomic E-state index is 5.65. The summed E-state index contributed by atoms with van der Waals surface area (Å²) < 4.78 is 10.7. The van der Waals surface area contributed by atoms with Crippen LogP contribution in [-0.2, 0) is 16.0 Å². The first-order valence-electron chi connectivity index (χ1n) is 8.42. The van der Waals surface area contributed by atoms with Crippen molar-refractivity contribution in [3.05, 3.63) is 35.9 Å². The van der Waals surface area contributed by atoms with Crippen molar-refractivity contribution in [2.75, 3.05) is 53.1 Å². The Morgan fingerprint density at radius 2 is 1.86 bits per heavy atom. The fourth-order valence-corrected chi connectivity index (χ4v) is 2.94. The minimum absolute atomic E-state index is 0.674. The average molecular weight is 306 g/mol. The van der Waals surface area contributed by atoms with Gasteiger partial charge in [0.15, 0.2) is 0 Å². The molecular weight excluding hydrogens is 276 g/mol. The van der Waals surface area contributed by atoms with E-state index in [-0.39, 0.29) is 0 Å². The van der Waals surface area contributed by atoms with Gasteiger partial charge in [0.05, 0.1) is 19.8 Å². The third-order valence-corrected chi connectivity index (χ3v) is 4.21. The lowest BCUT2D eigenvalue weighted by atomic mass is 9.97. The van der Waals surface area contributed by atoms with E-state index >= 15 is 0 Å². The van der Waals surface area contributed by atoms with E-state index < -0.39 is 0 Å². The van der Waals surface area contributed by atoms with Crippen LogP contribution in [0, 0.1) is 5.92 Å². The molecule has 0 unspecified atom stereocenters. The van der Waals surface area contributed by atoms with Gasteiger partial charge in [-0.3, -0.25) is 4.90 Å². The zero-order chi connectivity index (χ0) is 15.5. The van der Waals surface area contributed by atoms with E-state index in [1.165, 1.54) is 24.9 Å². The second kappa shape index (κ2) is 10.7. The molecule has 0 spiro atoms. The maximum Gasteiger partial charge on any atom is 0.0700 e. The molecule has 0 aromatic heterocycles. The Morgan fingerprint density at radius 1 is 1.09 bits per heavy atom. The lowest BCUT2D eigenvalue weighted by Gasteiger charge is -2.30. The van der Waals surface area contributed by atoms with E-state index in [0.717, 1.165) is 38.7 Å². The number of hydrogen-bond acceptors (Lipinski definition) is 4. The Morgan fingerprint density at radius 3 is 2.59 bits per heavy atom. The first-order chi connectivity index (χ1) is 10.9. The third-order valence-electron chi connectivity index (χ3n) is 4.21. The van der Waals surface area contributed by atoms with Gasteiger partial charge in [0, 0.05) is 26.7 Å². The normalized spacial score (nSPS) is 16.3. The van der Waals surface area contributed by atoms with Crippen molar-refractivity contribution >= 4 is 0 Å². The van der Waals surface area contributed by atoms with E-state index in [9.17, 15) is 0 Å². The third kappa shape index (κ3) is 6.88. The summed E-state index contributed by atoms with van der Waals surface area (Å²) in [6.07, 6.45) is 2.58. The molecule has 22 heavy (non-hydrogen) atoms. The van der Waals surface area contributed by atoms with Gasteiger partial charge in [-0.2, -0.15) is 0 Å². The molecule has 2 rings (SSSR count). The van der Waals surface area contributed by atoms with Crippen LogP contribution in [0.15, 0.2) is 30.3 Å². The van der Waals surface area contributed by atoms with Gasteiger partial charge in [0.25, 0.3) is 0 Å². The van der Waals surface area contributed by atoms with E-state index in [4.69, 9.17) is 9.47 Å². The minimum Gasteiger partial charge on any atom is -0.382 e. The number of benzene rings is 1. The van der Waals surface area contributed by atoms with Crippen LogP contribution in [0.2, 0.25) is 0 Å². The molecule has 1 fully saturated rings. The van der Waals surface area contributed by atoms with Crippen molar-refractivity contribution in [1.29, 1.82) is 0 Å². The number of nitrogens with zero attached hydrogens (tertiary/aromatic N) is 1. The summed E-state index contributed by atoms with van der Waals surface area (Å²) in [5.41, 5.74) is 1.38. The molecule has 4 nitrogen and oxygen atoms in total. The van der Waals surface area contributed by atoms with Crippen LogP contribution in [0.5, 0.6) is 0 Å². The van der Waals surface area contributed by atoms with Gasteiger partial charge >= 0.3 is 0 Å². The predicted octanol–water partition coefficient (Wildman–Crippen LogP) is 2.15. The molecule has 4 heteroatoms. The van der Waals surface area contributed by atoms with Crippen molar-refractivity contribution in [2.24, 2.45) is 5.92 Å².